The minimum absolute atomic E-state index is 0.0141. The molecule has 1 amide bonds. The Morgan fingerprint density at radius 2 is 1.73 bits per heavy atom. The predicted molar refractivity (Wildman–Crippen MR) is 174 cm³/mol. The summed E-state index contributed by atoms with van der Waals surface area (Å²) < 4.78 is 29.1. The molecule has 1 fully saturated rings. The van der Waals surface area contributed by atoms with Gasteiger partial charge in [-0.25, -0.2) is 0 Å². The van der Waals surface area contributed by atoms with Crippen molar-refractivity contribution in [3.05, 3.63) is 77.9 Å². The molecular weight excluding hydrogens is 556 g/mol. The van der Waals surface area contributed by atoms with Gasteiger partial charge in [0, 0.05) is 62.9 Å². The molecule has 1 aliphatic heterocycles. The van der Waals surface area contributed by atoms with Crippen molar-refractivity contribution >= 4 is 5.91 Å². The molecule has 0 aliphatic carbocycles. The average Bonchev–Trinajstić information content (AvgIpc) is 3.47. The van der Waals surface area contributed by atoms with Gasteiger partial charge in [-0.05, 0) is 69.2 Å². The smallest absolute Gasteiger partial charge is 0.254 e. The Morgan fingerprint density at radius 3 is 2.48 bits per heavy atom. The molecule has 3 aromatic rings. The third-order valence-corrected chi connectivity index (χ3v) is 7.71. The molecule has 8 heteroatoms. The lowest BCUT2D eigenvalue weighted by molar-refractivity contribution is 0.0129. The molecule has 0 saturated carbocycles. The van der Waals surface area contributed by atoms with Crippen LogP contribution in [-0.2, 0) is 16.1 Å². The minimum Gasteiger partial charge on any atom is -0.493 e. The summed E-state index contributed by atoms with van der Waals surface area (Å²) in [4.78, 5) is 15.7. The van der Waals surface area contributed by atoms with Crippen molar-refractivity contribution in [2.45, 2.75) is 59.0 Å². The van der Waals surface area contributed by atoms with E-state index < -0.39 is 0 Å². The van der Waals surface area contributed by atoms with E-state index >= 15 is 0 Å². The lowest BCUT2D eigenvalue weighted by Crippen LogP contribution is -2.43. The fraction of sp³-hybridized carbons (Fsp3) is 0.472. The van der Waals surface area contributed by atoms with E-state index in [1.54, 1.807) is 32.4 Å². The number of nitrogens with one attached hydrogen (secondary N) is 1. The summed E-state index contributed by atoms with van der Waals surface area (Å²) in [6.07, 6.45) is 0.827. The summed E-state index contributed by atoms with van der Waals surface area (Å²) in [7, 11) is 3.27. The fourth-order valence-electron chi connectivity index (χ4n) is 5.43. The predicted octanol–water partition coefficient (Wildman–Crippen LogP) is 6.22. The Kier molecular flexibility index (Phi) is 12.5. The standard InChI is InChI=1S/C36H48N2O6/c1-25(2)38(36(39)29-15-16-33(41-6)34(20-29)42-18-10-17-40-5)23-30-21-37-22-35(30)43-24-27-11-9-12-28(19-27)31-13-7-8-14-32(31)44-26(3)4/h7-9,11-16,19-20,25-26,30,35,37H,10,17-18,21-24H2,1-6H3/t30-,35+/m0/s1. The summed E-state index contributed by atoms with van der Waals surface area (Å²) in [6.45, 7) is 11.9. The maximum atomic E-state index is 13.8. The average molecular weight is 605 g/mol. The van der Waals surface area contributed by atoms with Crippen LogP contribution in [0.5, 0.6) is 17.2 Å². The second-order valence-corrected chi connectivity index (χ2v) is 11.7. The summed E-state index contributed by atoms with van der Waals surface area (Å²) in [6, 6.07) is 22.0. The number of nitrogens with zero attached hydrogens (tertiary/aromatic N) is 1. The van der Waals surface area contributed by atoms with E-state index in [4.69, 9.17) is 23.7 Å². The Morgan fingerprint density at radius 1 is 0.909 bits per heavy atom. The Bertz CT molecular complexity index is 1340. The van der Waals surface area contributed by atoms with E-state index in [9.17, 15) is 4.79 Å². The van der Waals surface area contributed by atoms with Gasteiger partial charge in [0.15, 0.2) is 11.5 Å². The van der Waals surface area contributed by atoms with Crippen LogP contribution in [0.25, 0.3) is 11.1 Å². The highest BCUT2D eigenvalue weighted by atomic mass is 16.5. The second kappa shape index (κ2) is 16.5. The zero-order valence-electron chi connectivity index (χ0n) is 27.0. The minimum atomic E-state index is -0.0370. The van der Waals surface area contributed by atoms with Crippen LogP contribution in [0.2, 0.25) is 0 Å². The molecule has 1 heterocycles. The zero-order chi connectivity index (χ0) is 31.5. The van der Waals surface area contributed by atoms with E-state index in [0.29, 0.717) is 43.4 Å². The first-order valence-corrected chi connectivity index (χ1v) is 15.6. The topological polar surface area (TPSA) is 78.5 Å². The molecule has 1 saturated heterocycles. The highest BCUT2D eigenvalue weighted by molar-refractivity contribution is 5.95. The van der Waals surface area contributed by atoms with Crippen molar-refractivity contribution in [2.24, 2.45) is 5.92 Å². The number of methoxy groups -OCH3 is 2. The van der Waals surface area contributed by atoms with E-state index in [1.165, 1.54) is 0 Å². The van der Waals surface area contributed by atoms with E-state index in [-0.39, 0.29) is 30.1 Å². The number of carbonyl (C=O) groups is 1. The van der Waals surface area contributed by atoms with Gasteiger partial charge in [-0.1, -0.05) is 36.4 Å². The van der Waals surface area contributed by atoms with Crippen LogP contribution >= 0.6 is 0 Å². The quantitative estimate of drug-likeness (QED) is 0.195. The van der Waals surface area contributed by atoms with Crippen molar-refractivity contribution < 1.29 is 28.5 Å². The van der Waals surface area contributed by atoms with Crippen molar-refractivity contribution in [1.82, 2.24) is 10.2 Å². The van der Waals surface area contributed by atoms with Crippen LogP contribution in [-0.4, -0.2) is 76.1 Å². The molecule has 2 atom stereocenters. The molecule has 4 rings (SSSR count). The molecule has 238 valence electrons. The summed E-state index contributed by atoms with van der Waals surface area (Å²) in [5, 5.41) is 3.48. The van der Waals surface area contributed by atoms with Gasteiger partial charge in [0.05, 0.1) is 32.5 Å². The number of amides is 1. The zero-order valence-corrected chi connectivity index (χ0v) is 27.0. The van der Waals surface area contributed by atoms with E-state index in [2.05, 4.69) is 35.6 Å². The lowest BCUT2D eigenvalue weighted by Gasteiger charge is -2.31. The van der Waals surface area contributed by atoms with Crippen molar-refractivity contribution in [3.63, 3.8) is 0 Å². The molecule has 3 aromatic carbocycles. The number of rotatable bonds is 16. The first-order valence-electron chi connectivity index (χ1n) is 15.6. The normalized spacial score (nSPS) is 16.4. The number of para-hydroxylation sites is 1. The van der Waals surface area contributed by atoms with Crippen LogP contribution in [0.15, 0.2) is 66.7 Å². The van der Waals surface area contributed by atoms with E-state index in [0.717, 1.165) is 42.0 Å². The van der Waals surface area contributed by atoms with Gasteiger partial charge in [0.1, 0.15) is 5.75 Å². The first kappa shape index (κ1) is 33.3. The van der Waals surface area contributed by atoms with Gasteiger partial charge in [-0.2, -0.15) is 0 Å². The molecule has 0 radical (unpaired) electrons. The van der Waals surface area contributed by atoms with Gasteiger partial charge in [-0.3, -0.25) is 4.79 Å². The van der Waals surface area contributed by atoms with Crippen molar-refractivity contribution in [2.75, 3.05) is 47.1 Å². The van der Waals surface area contributed by atoms with Gasteiger partial charge in [0.2, 0.25) is 0 Å². The van der Waals surface area contributed by atoms with Gasteiger partial charge in [-0.15, -0.1) is 0 Å². The molecule has 0 aromatic heterocycles. The number of ether oxygens (including phenoxy) is 5. The van der Waals surface area contributed by atoms with Crippen molar-refractivity contribution in [1.29, 1.82) is 0 Å². The van der Waals surface area contributed by atoms with E-state index in [1.807, 2.05) is 50.8 Å². The Hall–Kier alpha value is -3.59. The fourth-order valence-corrected chi connectivity index (χ4v) is 5.43. The number of hydrogen-bond donors (Lipinski definition) is 1. The highest BCUT2D eigenvalue weighted by Gasteiger charge is 2.32. The van der Waals surface area contributed by atoms with Crippen LogP contribution in [0.3, 0.4) is 0 Å². The van der Waals surface area contributed by atoms with Gasteiger partial charge < -0.3 is 33.9 Å². The maximum absolute atomic E-state index is 13.8. The van der Waals surface area contributed by atoms with Gasteiger partial charge in [0.25, 0.3) is 5.91 Å². The van der Waals surface area contributed by atoms with Gasteiger partial charge >= 0.3 is 0 Å². The highest BCUT2D eigenvalue weighted by Crippen LogP contribution is 2.32. The molecule has 44 heavy (non-hydrogen) atoms. The number of hydrogen-bond acceptors (Lipinski definition) is 7. The maximum Gasteiger partial charge on any atom is 0.254 e. The molecule has 0 unspecified atom stereocenters. The third-order valence-electron chi connectivity index (χ3n) is 7.71. The molecule has 0 spiro atoms. The molecule has 1 aliphatic rings. The molecule has 8 nitrogen and oxygen atoms in total. The third kappa shape index (κ3) is 8.97. The number of carbonyl (C=O) groups excluding carboxylic acids is 1. The summed E-state index contributed by atoms with van der Waals surface area (Å²) in [5.41, 5.74) is 3.84. The lowest BCUT2D eigenvalue weighted by atomic mass is 10.0. The van der Waals surface area contributed by atoms with Crippen LogP contribution in [0, 0.1) is 5.92 Å². The first-order chi connectivity index (χ1) is 21.3. The van der Waals surface area contributed by atoms with Crippen LogP contribution in [0.4, 0.5) is 0 Å². The molecular formula is C36H48N2O6. The second-order valence-electron chi connectivity index (χ2n) is 11.7. The van der Waals surface area contributed by atoms with Crippen molar-refractivity contribution in [3.8, 4) is 28.4 Å². The Balaban J connectivity index is 1.42. The largest absolute Gasteiger partial charge is 0.493 e. The van der Waals surface area contributed by atoms with Crippen LogP contribution in [0.1, 0.15) is 50.0 Å². The SMILES string of the molecule is COCCCOc1cc(C(=O)N(C[C@@H]2CNC[C@H]2OCc2cccc(-c3ccccc3OC(C)C)c2)C(C)C)ccc1OC. The number of benzene rings is 3. The molecule has 0 bridgehead atoms. The summed E-state index contributed by atoms with van der Waals surface area (Å²) >= 11 is 0. The van der Waals surface area contributed by atoms with Crippen LogP contribution < -0.4 is 19.5 Å². The Labute approximate surface area is 262 Å². The molecule has 1 N–H and O–H groups in total. The monoisotopic (exact) mass is 604 g/mol. The summed E-state index contributed by atoms with van der Waals surface area (Å²) in [5.74, 6) is 2.16.